The third-order valence-electron chi connectivity index (χ3n) is 5.07. The number of sulfonamides is 1. The van der Waals surface area contributed by atoms with Crippen LogP contribution in [0, 0.1) is 0 Å². The van der Waals surface area contributed by atoms with Crippen LogP contribution in [0.2, 0.25) is 0 Å². The summed E-state index contributed by atoms with van der Waals surface area (Å²) >= 11 is 0. The topological polar surface area (TPSA) is 113 Å². The fourth-order valence-corrected chi connectivity index (χ4v) is 5.15. The van der Waals surface area contributed by atoms with Gasteiger partial charge in [0.2, 0.25) is 15.9 Å². The predicted octanol–water partition coefficient (Wildman–Crippen LogP) is 1.66. The van der Waals surface area contributed by atoms with E-state index in [0.29, 0.717) is 18.6 Å². The maximum atomic E-state index is 13.0. The van der Waals surface area contributed by atoms with Gasteiger partial charge < -0.3 is 15.2 Å². The molecule has 1 aliphatic heterocycles. The van der Waals surface area contributed by atoms with Gasteiger partial charge in [-0.2, -0.15) is 4.31 Å². The molecular formula is C21H24N2O6S. The Morgan fingerprint density at radius 1 is 1.17 bits per heavy atom. The van der Waals surface area contributed by atoms with Crippen LogP contribution in [0.3, 0.4) is 0 Å². The lowest BCUT2D eigenvalue weighted by atomic mass is 10.1. The lowest BCUT2D eigenvalue weighted by Crippen LogP contribution is -2.51. The molecule has 1 unspecified atom stereocenters. The zero-order valence-corrected chi connectivity index (χ0v) is 17.3. The molecule has 2 aromatic rings. The van der Waals surface area contributed by atoms with Crippen LogP contribution >= 0.6 is 0 Å². The number of carbonyl (C=O) groups excluding carboxylic acids is 1. The first-order valence-corrected chi connectivity index (χ1v) is 11.0. The van der Waals surface area contributed by atoms with Crippen molar-refractivity contribution < 1.29 is 27.9 Å². The van der Waals surface area contributed by atoms with Gasteiger partial charge in [-0.25, -0.2) is 13.2 Å². The number of nitrogens with one attached hydrogen (secondary N) is 1. The molecule has 9 heteroatoms. The Balaban J connectivity index is 1.76. The molecule has 0 radical (unpaired) electrons. The molecule has 0 saturated carbocycles. The summed E-state index contributed by atoms with van der Waals surface area (Å²) in [5, 5.41) is 12.0. The third-order valence-corrected chi connectivity index (χ3v) is 6.99. The molecule has 0 bridgehead atoms. The number of carboxylic acid groups (broad SMARTS) is 1. The highest BCUT2D eigenvalue weighted by Gasteiger charge is 2.40. The van der Waals surface area contributed by atoms with Crippen molar-refractivity contribution in [3.63, 3.8) is 0 Å². The highest BCUT2D eigenvalue weighted by molar-refractivity contribution is 7.89. The number of hydrogen-bond donors (Lipinski definition) is 2. The van der Waals surface area contributed by atoms with Gasteiger partial charge in [-0.05, 0) is 42.7 Å². The number of methoxy groups -OCH3 is 1. The molecule has 2 atom stereocenters. The molecule has 0 aromatic heterocycles. The van der Waals surface area contributed by atoms with E-state index in [4.69, 9.17) is 4.74 Å². The van der Waals surface area contributed by atoms with E-state index in [0.717, 1.165) is 9.87 Å². The maximum absolute atomic E-state index is 13.0. The van der Waals surface area contributed by atoms with Gasteiger partial charge in [0.1, 0.15) is 17.8 Å². The van der Waals surface area contributed by atoms with Crippen LogP contribution in [0.4, 0.5) is 0 Å². The molecule has 2 aromatic carbocycles. The summed E-state index contributed by atoms with van der Waals surface area (Å²) in [7, 11) is -2.42. The van der Waals surface area contributed by atoms with Gasteiger partial charge in [0.15, 0.2) is 0 Å². The van der Waals surface area contributed by atoms with Crippen molar-refractivity contribution in [3.05, 3.63) is 60.2 Å². The molecule has 1 fully saturated rings. The van der Waals surface area contributed by atoms with Crippen molar-refractivity contribution >= 4 is 21.9 Å². The number of carboxylic acids is 1. The number of benzene rings is 2. The molecule has 8 nitrogen and oxygen atoms in total. The highest BCUT2D eigenvalue weighted by atomic mass is 32.2. The van der Waals surface area contributed by atoms with Crippen LogP contribution in [0.5, 0.6) is 5.75 Å². The van der Waals surface area contributed by atoms with E-state index in [-0.39, 0.29) is 17.9 Å². The first-order valence-electron chi connectivity index (χ1n) is 9.56. The van der Waals surface area contributed by atoms with Crippen molar-refractivity contribution in [2.75, 3.05) is 13.7 Å². The van der Waals surface area contributed by atoms with E-state index in [9.17, 15) is 23.1 Å². The van der Waals surface area contributed by atoms with Gasteiger partial charge >= 0.3 is 5.97 Å². The van der Waals surface area contributed by atoms with Crippen molar-refractivity contribution in [3.8, 4) is 5.75 Å². The minimum Gasteiger partial charge on any atom is -0.497 e. The Morgan fingerprint density at radius 3 is 2.43 bits per heavy atom. The standard InChI is InChI=1S/C21H24N2O6S/c1-29-16-9-11-17(12-10-16)30(27,28)23-13-5-8-19(23)20(24)22-18(21(25)26)14-15-6-3-2-4-7-15/h2-4,6-7,9-12,18-19H,5,8,13-14H2,1H3,(H,22,24)(H,25,26)/t18?,19-/m0/s1. The van der Waals surface area contributed by atoms with Crippen molar-refractivity contribution in [2.45, 2.75) is 36.2 Å². The Kier molecular flexibility index (Phi) is 6.73. The number of ether oxygens (including phenoxy) is 1. The summed E-state index contributed by atoms with van der Waals surface area (Å²) in [6, 6.07) is 12.8. The minimum absolute atomic E-state index is 0.0575. The van der Waals surface area contributed by atoms with E-state index in [1.807, 2.05) is 6.07 Å². The second kappa shape index (κ2) is 9.27. The zero-order chi connectivity index (χ0) is 21.7. The smallest absolute Gasteiger partial charge is 0.326 e. The monoisotopic (exact) mass is 432 g/mol. The summed E-state index contributed by atoms with van der Waals surface area (Å²) in [5.41, 5.74) is 0.763. The molecule has 160 valence electrons. The molecule has 1 heterocycles. The molecule has 30 heavy (non-hydrogen) atoms. The van der Waals surface area contributed by atoms with Crippen molar-refractivity contribution in [1.29, 1.82) is 0 Å². The number of rotatable bonds is 8. The fraction of sp³-hybridized carbons (Fsp3) is 0.333. The lowest BCUT2D eigenvalue weighted by molar-refractivity contribution is -0.142. The Morgan fingerprint density at radius 2 is 1.83 bits per heavy atom. The second-order valence-corrected chi connectivity index (χ2v) is 8.93. The van der Waals surface area contributed by atoms with Gasteiger partial charge in [0, 0.05) is 13.0 Å². The van der Waals surface area contributed by atoms with Gasteiger partial charge in [0.05, 0.1) is 12.0 Å². The molecule has 1 amide bonds. The number of aliphatic carboxylic acids is 1. The summed E-state index contributed by atoms with van der Waals surface area (Å²) in [6.45, 7) is 0.197. The van der Waals surface area contributed by atoms with Crippen LogP contribution in [0.25, 0.3) is 0 Å². The molecule has 3 rings (SSSR count). The van der Waals surface area contributed by atoms with Gasteiger partial charge in [-0.3, -0.25) is 4.79 Å². The number of hydrogen-bond acceptors (Lipinski definition) is 5. The SMILES string of the molecule is COc1ccc(S(=O)(=O)N2CCC[C@H]2C(=O)NC(Cc2ccccc2)C(=O)O)cc1. The maximum Gasteiger partial charge on any atom is 0.326 e. The first kappa shape index (κ1) is 21.8. The van der Waals surface area contributed by atoms with Crippen LogP contribution in [0.1, 0.15) is 18.4 Å². The Bertz CT molecular complexity index is 992. The molecule has 0 spiro atoms. The van der Waals surface area contributed by atoms with Crippen LogP contribution < -0.4 is 10.1 Å². The van der Waals surface area contributed by atoms with E-state index < -0.39 is 34.0 Å². The van der Waals surface area contributed by atoms with Crippen LogP contribution in [0.15, 0.2) is 59.5 Å². The van der Waals surface area contributed by atoms with E-state index >= 15 is 0 Å². The zero-order valence-electron chi connectivity index (χ0n) is 16.5. The fourth-order valence-electron chi connectivity index (χ4n) is 3.49. The summed E-state index contributed by atoms with van der Waals surface area (Å²) in [4.78, 5) is 24.6. The van der Waals surface area contributed by atoms with Crippen molar-refractivity contribution in [2.24, 2.45) is 0 Å². The molecule has 0 aliphatic carbocycles. The quantitative estimate of drug-likeness (QED) is 0.656. The average Bonchev–Trinajstić information content (AvgIpc) is 3.25. The van der Waals surface area contributed by atoms with Gasteiger partial charge in [0.25, 0.3) is 0 Å². The number of nitrogens with zero attached hydrogens (tertiary/aromatic N) is 1. The normalized spacial score (nSPS) is 18.0. The van der Waals surface area contributed by atoms with E-state index in [1.54, 1.807) is 36.4 Å². The number of carbonyl (C=O) groups is 2. The second-order valence-electron chi connectivity index (χ2n) is 7.04. The van der Waals surface area contributed by atoms with Crippen molar-refractivity contribution in [1.82, 2.24) is 9.62 Å². The predicted molar refractivity (Wildman–Crippen MR) is 110 cm³/mol. The first-order chi connectivity index (χ1) is 14.3. The van der Waals surface area contributed by atoms with Crippen LogP contribution in [-0.2, 0) is 26.0 Å². The number of amides is 1. The molecule has 1 saturated heterocycles. The third kappa shape index (κ3) is 4.80. The summed E-state index contributed by atoms with van der Waals surface area (Å²) < 4.78 is 32.3. The summed E-state index contributed by atoms with van der Waals surface area (Å²) in [6.07, 6.45) is 0.961. The van der Waals surface area contributed by atoms with E-state index in [2.05, 4.69) is 5.32 Å². The van der Waals surface area contributed by atoms with E-state index in [1.165, 1.54) is 19.2 Å². The Hall–Kier alpha value is -2.91. The average molecular weight is 432 g/mol. The molecule has 1 aliphatic rings. The van der Waals surface area contributed by atoms with Crippen LogP contribution in [-0.4, -0.2) is 55.4 Å². The highest BCUT2D eigenvalue weighted by Crippen LogP contribution is 2.27. The summed E-state index contributed by atoms with van der Waals surface area (Å²) in [5.74, 6) is -1.25. The minimum atomic E-state index is -3.90. The molecule has 2 N–H and O–H groups in total. The lowest BCUT2D eigenvalue weighted by Gasteiger charge is -2.25. The van der Waals surface area contributed by atoms with Gasteiger partial charge in [-0.15, -0.1) is 0 Å². The Labute approximate surface area is 175 Å². The largest absolute Gasteiger partial charge is 0.497 e. The molecular weight excluding hydrogens is 408 g/mol. The van der Waals surface area contributed by atoms with Gasteiger partial charge in [-0.1, -0.05) is 30.3 Å².